The number of carbonyl (C=O) groups excluding carboxylic acids is 1. The van der Waals surface area contributed by atoms with Gasteiger partial charge in [0.25, 0.3) is 5.91 Å². The molecule has 144 valence electrons. The number of hydrogen-bond acceptors (Lipinski definition) is 5. The zero-order valence-electron chi connectivity index (χ0n) is 16.1. The van der Waals surface area contributed by atoms with Gasteiger partial charge >= 0.3 is 0 Å². The molecule has 0 spiro atoms. The Morgan fingerprint density at radius 3 is 2.70 bits per heavy atom. The molecule has 1 fully saturated rings. The first-order valence-electron chi connectivity index (χ1n) is 9.71. The molecule has 0 aliphatic carbocycles. The Hall–Kier alpha value is -2.18. The number of aryl methyl sites for hydroxylation is 1. The molecule has 0 N–H and O–H groups in total. The molecule has 3 heterocycles. The fourth-order valence-corrected chi connectivity index (χ4v) is 4.29. The third-order valence-electron chi connectivity index (χ3n) is 5.90. The Morgan fingerprint density at radius 2 is 1.96 bits per heavy atom. The molecule has 0 saturated carbocycles. The second-order valence-electron chi connectivity index (χ2n) is 7.51. The van der Waals surface area contributed by atoms with Crippen LogP contribution in [0.3, 0.4) is 0 Å². The monoisotopic (exact) mass is 369 g/mol. The molecule has 2 aromatic rings. The molecule has 2 aliphatic rings. The number of carbonyl (C=O) groups is 1. The van der Waals surface area contributed by atoms with Gasteiger partial charge in [-0.3, -0.25) is 9.69 Å². The van der Waals surface area contributed by atoms with Crippen LogP contribution in [0, 0.1) is 6.92 Å². The van der Waals surface area contributed by atoms with E-state index < -0.39 is 0 Å². The number of benzene rings is 1. The minimum absolute atomic E-state index is 0.0404. The molecule has 27 heavy (non-hydrogen) atoms. The average molecular weight is 369 g/mol. The molecule has 1 aromatic heterocycles. The minimum Gasteiger partial charge on any atom is -0.380 e. The van der Waals surface area contributed by atoms with Crippen LogP contribution in [0.15, 0.2) is 28.8 Å². The van der Waals surface area contributed by atoms with E-state index in [9.17, 15) is 4.79 Å². The number of fused-ring (bicyclic) bond motifs is 1. The van der Waals surface area contributed by atoms with Crippen molar-refractivity contribution < 1.29 is 14.1 Å². The highest BCUT2D eigenvalue weighted by atomic mass is 16.5. The smallest absolute Gasteiger partial charge is 0.276 e. The van der Waals surface area contributed by atoms with Gasteiger partial charge in [-0.05, 0) is 37.3 Å². The number of rotatable bonds is 4. The fourth-order valence-electron chi connectivity index (χ4n) is 4.29. The van der Waals surface area contributed by atoms with Gasteiger partial charge in [0.1, 0.15) is 5.76 Å². The molecule has 4 rings (SSSR count). The van der Waals surface area contributed by atoms with Crippen molar-refractivity contribution in [2.24, 2.45) is 0 Å². The second kappa shape index (κ2) is 7.82. The third-order valence-corrected chi connectivity index (χ3v) is 5.90. The van der Waals surface area contributed by atoms with Crippen molar-refractivity contribution in [2.45, 2.75) is 45.4 Å². The summed E-state index contributed by atoms with van der Waals surface area (Å²) in [6.45, 7) is 5.82. The van der Waals surface area contributed by atoms with E-state index in [1.54, 1.807) is 7.11 Å². The molecule has 1 aromatic carbocycles. The van der Waals surface area contributed by atoms with Crippen LogP contribution in [0.4, 0.5) is 0 Å². The maximum Gasteiger partial charge on any atom is 0.276 e. The highest BCUT2D eigenvalue weighted by Crippen LogP contribution is 2.26. The van der Waals surface area contributed by atoms with Gasteiger partial charge in [-0.1, -0.05) is 29.4 Å². The molecule has 0 bridgehead atoms. The van der Waals surface area contributed by atoms with E-state index in [0.717, 1.165) is 51.0 Å². The predicted octanol–water partition coefficient (Wildman–Crippen LogP) is 2.79. The number of piperidine rings is 1. The van der Waals surface area contributed by atoms with E-state index in [-0.39, 0.29) is 5.91 Å². The number of aromatic nitrogens is 1. The van der Waals surface area contributed by atoms with E-state index in [0.29, 0.717) is 24.1 Å². The van der Waals surface area contributed by atoms with Gasteiger partial charge in [0.05, 0.1) is 12.2 Å². The minimum atomic E-state index is -0.0404. The number of likely N-dealkylation sites (tertiary alicyclic amines) is 1. The number of hydrogen-bond donors (Lipinski definition) is 0. The summed E-state index contributed by atoms with van der Waals surface area (Å²) in [5, 5.41) is 3.99. The molecule has 1 amide bonds. The van der Waals surface area contributed by atoms with Gasteiger partial charge in [-0.15, -0.1) is 0 Å². The van der Waals surface area contributed by atoms with E-state index in [1.807, 2.05) is 11.8 Å². The first kappa shape index (κ1) is 18.2. The Labute approximate surface area is 160 Å². The van der Waals surface area contributed by atoms with Gasteiger partial charge in [-0.2, -0.15) is 0 Å². The van der Waals surface area contributed by atoms with Crippen LogP contribution in [0.5, 0.6) is 0 Å². The summed E-state index contributed by atoms with van der Waals surface area (Å²) >= 11 is 0. The summed E-state index contributed by atoms with van der Waals surface area (Å²) < 4.78 is 10.4. The number of methoxy groups -OCH3 is 1. The van der Waals surface area contributed by atoms with Crippen molar-refractivity contribution in [3.8, 4) is 0 Å². The SMILES string of the molecule is COCc1c(C(=O)N2CCC(N3CCc4ccccc4C3)CC2)noc1C. The lowest BCUT2D eigenvalue weighted by Crippen LogP contribution is -2.48. The topological polar surface area (TPSA) is 58.8 Å². The van der Waals surface area contributed by atoms with E-state index in [1.165, 1.54) is 11.1 Å². The van der Waals surface area contributed by atoms with Crippen LogP contribution >= 0.6 is 0 Å². The highest BCUT2D eigenvalue weighted by molar-refractivity contribution is 5.93. The fraction of sp³-hybridized carbons (Fsp3) is 0.524. The summed E-state index contributed by atoms with van der Waals surface area (Å²) in [7, 11) is 1.61. The summed E-state index contributed by atoms with van der Waals surface area (Å²) in [6.07, 6.45) is 3.13. The number of ether oxygens (including phenoxy) is 1. The van der Waals surface area contributed by atoms with Crippen molar-refractivity contribution in [2.75, 3.05) is 26.7 Å². The van der Waals surface area contributed by atoms with Crippen molar-refractivity contribution in [1.29, 1.82) is 0 Å². The standard InChI is InChI=1S/C21H27N3O3/c1-15-19(14-26-2)20(22-27-15)21(25)23-11-8-18(9-12-23)24-10-7-16-5-3-4-6-17(16)13-24/h3-6,18H,7-14H2,1-2H3. The van der Waals surface area contributed by atoms with Crippen LogP contribution in [0.2, 0.25) is 0 Å². The molecule has 1 saturated heterocycles. The first-order chi connectivity index (χ1) is 13.2. The van der Waals surface area contributed by atoms with Crippen LogP contribution in [0.1, 0.15) is 45.8 Å². The maximum absolute atomic E-state index is 12.9. The molecule has 0 radical (unpaired) electrons. The molecular formula is C21H27N3O3. The van der Waals surface area contributed by atoms with Crippen molar-refractivity contribution in [3.63, 3.8) is 0 Å². The zero-order valence-corrected chi connectivity index (χ0v) is 16.1. The third kappa shape index (κ3) is 3.64. The second-order valence-corrected chi connectivity index (χ2v) is 7.51. The largest absolute Gasteiger partial charge is 0.380 e. The first-order valence-corrected chi connectivity index (χ1v) is 9.71. The van der Waals surface area contributed by atoms with Gasteiger partial charge < -0.3 is 14.2 Å². The van der Waals surface area contributed by atoms with Crippen LogP contribution < -0.4 is 0 Å². The van der Waals surface area contributed by atoms with E-state index >= 15 is 0 Å². The summed E-state index contributed by atoms with van der Waals surface area (Å²) in [5.41, 5.74) is 4.09. The van der Waals surface area contributed by atoms with E-state index in [2.05, 4.69) is 34.3 Å². The Kier molecular flexibility index (Phi) is 5.27. The lowest BCUT2D eigenvalue weighted by molar-refractivity contribution is 0.0587. The van der Waals surface area contributed by atoms with Crippen molar-refractivity contribution >= 4 is 5.91 Å². The summed E-state index contributed by atoms with van der Waals surface area (Å²) in [6, 6.07) is 9.28. The summed E-state index contributed by atoms with van der Waals surface area (Å²) in [4.78, 5) is 17.4. The number of nitrogens with zero attached hydrogens (tertiary/aromatic N) is 3. The van der Waals surface area contributed by atoms with Crippen LogP contribution in [-0.4, -0.2) is 53.6 Å². The van der Waals surface area contributed by atoms with Crippen LogP contribution in [0.25, 0.3) is 0 Å². The quantitative estimate of drug-likeness (QED) is 0.829. The van der Waals surface area contributed by atoms with Crippen molar-refractivity contribution in [1.82, 2.24) is 15.0 Å². The summed E-state index contributed by atoms with van der Waals surface area (Å²) in [5.74, 6) is 0.614. The highest BCUT2D eigenvalue weighted by Gasteiger charge is 2.31. The van der Waals surface area contributed by atoms with E-state index in [4.69, 9.17) is 9.26 Å². The molecule has 2 aliphatic heterocycles. The van der Waals surface area contributed by atoms with Gasteiger partial charge in [0, 0.05) is 39.3 Å². The van der Waals surface area contributed by atoms with Crippen LogP contribution in [-0.2, 0) is 24.3 Å². The molecular weight excluding hydrogens is 342 g/mol. The lowest BCUT2D eigenvalue weighted by Gasteiger charge is -2.40. The average Bonchev–Trinajstić information content (AvgIpc) is 3.08. The number of amides is 1. The van der Waals surface area contributed by atoms with Gasteiger partial charge in [0.2, 0.25) is 0 Å². The molecule has 0 atom stereocenters. The Morgan fingerprint density at radius 1 is 1.22 bits per heavy atom. The Balaban J connectivity index is 1.37. The van der Waals surface area contributed by atoms with Gasteiger partial charge in [-0.25, -0.2) is 0 Å². The predicted molar refractivity (Wildman–Crippen MR) is 101 cm³/mol. The normalized spacial score (nSPS) is 18.5. The van der Waals surface area contributed by atoms with Gasteiger partial charge in [0.15, 0.2) is 5.69 Å². The Bertz CT molecular complexity index is 809. The zero-order chi connectivity index (χ0) is 18.8. The molecule has 6 heteroatoms. The van der Waals surface area contributed by atoms with Crippen molar-refractivity contribution in [3.05, 3.63) is 52.4 Å². The molecule has 0 unspecified atom stereocenters. The lowest BCUT2D eigenvalue weighted by atomic mass is 9.95. The molecule has 6 nitrogen and oxygen atoms in total. The maximum atomic E-state index is 12.9.